The van der Waals surface area contributed by atoms with Gasteiger partial charge in [-0.3, -0.25) is 4.79 Å². The molecule has 2 rings (SSSR count). The molecule has 1 aliphatic heterocycles. The number of Topliss-reactive ketones (excluding diaryl/α,β-unsaturated/α-hetero) is 1. The van der Waals surface area contributed by atoms with Gasteiger partial charge in [0.2, 0.25) is 0 Å². The predicted octanol–water partition coefficient (Wildman–Crippen LogP) is 1.62. The fourth-order valence-electron chi connectivity index (χ4n) is 2.12. The molecular weight excluding hydrogens is 222 g/mol. The zero-order valence-corrected chi connectivity index (χ0v) is 10.1. The molecule has 3 nitrogen and oxygen atoms in total. The van der Waals surface area contributed by atoms with E-state index in [9.17, 15) is 4.79 Å². The van der Waals surface area contributed by atoms with Crippen molar-refractivity contribution in [2.75, 3.05) is 19.8 Å². The summed E-state index contributed by atoms with van der Waals surface area (Å²) < 4.78 is 5.31. The van der Waals surface area contributed by atoms with Crippen LogP contribution >= 0.6 is 11.3 Å². The van der Waals surface area contributed by atoms with E-state index in [4.69, 9.17) is 10.5 Å². The van der Waals surface area contributed by atoms with Crippen molar-refractivity contribution in [3.05, 3.63) is 22.4 Å². The Morgan fingerprint density at radius 1 is 1.50 bits per heavy atom. The molecular formula is C12H17NO2S. The SMILES string of the molecule is NCC1(C(=O)Cc2cccs2)CCOCC1. The summed E-state index contributed by atoms with van der Waals surface area (Å²) in [6.45, 7) is 1.77. The molecule has 1 aromatic rings. The fourth-order valence-corrected chi connectivity index (χ4v) is 2.82. The van der Waals surface area contributed by atoms with Crippen molar-refractivity contribution in [2.24, 2.45) is 11.1 Å². The zero-order chi connectivity index (χ0) is 11.4. The molecule has 88 valence electrons. The van der Waals surface area contributed by atoms with Crippen molar-refractivity contribution in [1.82, 2.24) is 0 Å². The van der Waals surface area contributed by atoms with Crippen LogP contribution in [0.4, 0.5) is 0 Å². The molecule has 0 amide bonds. The first-order valence-corrected chi connectivity index (χ1v) is 6.48. The third kappa shape index (κ3) is 2.34. The second kappa shape index (κ2) is 5.08. The molecule has 1 aliphatic rings. The molecule has 0 unspecified atom stereocenters. The van der Waals surface area contributed by atoms with Gasteiger partial charge in [0.15, 0.2) is 0 Å². The second-order valence-electron chi connectivity index (χ2n) is 4.28. The van der Waals surface area contributed by atoms with Crippen LogP contribution < -0.4 is 5.73 Å². The molecule has 0 aliphatic carbocycles. The Balaban J connectivity index is 2.06. The van der Waals surface area contributed by atoms with Gasteiger partial charge in [-0.15, -0.1) is 11.3 Å². The van der Waals surface area contributed by atoms with Crippen molar-refractivity contribution in [2.45, 2.75) is 19.3 Å². The molecule has 2 heterocycles. The minimum Gasteiger partial charge on any atom is -0.381 e. The molecule has 1 aromatic heterocycles. The Hall–Kier alpha value is -0.710. The number of carbonyl (C=O) groups excluding carboxylic acids is 1. The van der Waals surface area contributed by atoms with Crippen LogP contribution in [0.25, 0.3) is 0 Å². The van der Waals surface area contributed by atoms with Crippen LogP contribution in [0.1, 0.15) is 17.7 Å². The summed E-state index contributed by atoms with van der Waals surface area (Å²) in [6, 6.07) is 3.98. The third-order valence-corrected chi connectivity index (χ3v) is 4.22. The van der Waals surface area contributed by atoms with Gasteiger partial charge in [-0.25, -0.2) is 0 Å². The van der Waals surface area contributed by atoms with Crippen LogP contribution in [-0.2, 0) is 16.0 Å². The van der Waals surface area contributed by atoms with E-state index in [0.717, 1.165) is 17.7 Å². The van der Waals surface area contributed by atoms with Gasteiger partial charge in [-0.2, -0.15) is 0 Å². The minimum absolute atomic E-state index is 0.278. The first-order chi connectivity index (χ1) is 7.77. The van der Waals surface area contributed by atoms with Gasteiger partial charge in [0.25, 0.3) is 0 Å². The highest BCUT2D eigenvalue weighted by molar-refractivity contribution is 7.10. The zero-order valence-electron chi connectivity index (χ0n) is 9.28. The monoisotopic (exact) mass is 239 g/mol. The van der Waals surface area contributed by atoms with Gasteiger partial charge < -0.3 is 10.5 Å². The number of rotatable bonds is 4. The highest BCUT2D eigenvalue weighted by Crippen LogP contribution is 2.32. The Morgan fingerprint density at radius 3 is 2.81 bits per heavy atom. The molecule has 1 saturated heterocycles. The lowest BCUT2D eigenvalue weighted by atomic mass is 9.75. The number of nitrogens with two attached hydrogens (primary N) is 1. The summed E-state index contributed by atoms with van der Waals surface area (Å²) in [6.07, 6.45) is 2.07. The van der Waals surface area contributed by atoms with Gasteiger partial charge in [-0.1, -0.05) is 6.07 Å². The lowest BCUT2D eigenvalue weighted by Gasteiger charge is -2.34. The maximum Gasteiger partial charge on any atom is 0.145 e. The minimum atomic E-state index is -0.331. The van der Waals surface area contributed by atoms with Crippen LogP contribution in [0.2, 0.25) is 0 Å². The topological polar surface area (TPSA) is 52.3 Å². The lowest BCUT2D eigenvalue weighted by molar-refractivity contribution is -0.132. The average Bonchev–Trinajstić information content (AvgIpc) is 2.82. The van der Waals surface area contributed by atoms with E-state index in [1.165, 1.54) is 0 Å². The van der Waals surface area contributed by atoms with Crippen molar-refractivity contribution in [3.63, 3.8) is 0 Å². The summed E-state index contributed by atoms with van der Waals surface area (Å²) in [5, 5.41) is 2.00. The molecule has 2 N–H and O–H groups in total. The van der Waals surface area contributed by atoms with Crippen LogP contribution in [-0.4, -0.2) is 25.5 Å². The molecule has 1 fully saturated rings. The number of thiophene rings is 1. The molecule has 0 radical (unpaired) electrons. The van der Waals surface area contributed by atoms with Crippen LogP contribution in [0, 0.1) is 5.41 Å². The number of hydrogen-bond donors (Lipinski definition) is 1. The molecule has 0 atom stereocenters. The highest BCUT2D eigenvalue weighted by atomic mass is 32.1. The molecule has 0 spiro atoms. The first kappa shape index (κ1) is 11.8. The van der Waals surface area contributed by atoms with Crippen LogP contribution in [0.3, 0.4) is 0 Å². The number of carbonyl (C=O) groups is 1. The highest BCUT2D eigenvalue weighted by Gasteiger charge is 2.38. The lowest BCUT2D eigenvalue weighted by Crippen LogP contribution is -2.44. The Labute approximate surface area is 99.6 Å². The quantitative estimate of drug-likeness (QED) is 0.868. The molecule has 4 heteroatoms. The van der Waals surface area contributed by atoms with Crippen molar-refractivity contribution < 1.29 is 9.53 Å². The van der Waals surface area contributed by atoms with E-state index in [1.54, 1.807) is 11.3 Å². The van der Waals surface area contributed by atoms with Crippen LogP contribution in [0.15, 0.2) is 17.5 Å². The maximum atomic E-state index is 12.3. The van der Waals surface area contributed by atoms with Crippen molar-refractivity contribution >= 4 is 17.1 Å². The van der Waals surface area contributed by atoms with Crippen LogP contribution in [0.5, 0.6) is 0 Å². The second-order valence-corrected chi connectivity index (χ2v) is 5.31. The van der Waals surface area contributed by atoms with E-state index >= 15 is 0 Å². The van der Waals surface area contributed by atoms with E-state index in [1.807, 2.05) is 17.5 Å². The van der Waals surface area contributed by atoms with E-state index < -0.39 is 0 Å². The normalized spacial score (nSPS) is 19.6. The largest absolute Gasteiger partial charge is 0.381 e. The number of ketones is 1. The van der Waals surface area contributed by atoms with Gasteiger partial charge in [0.05, 0.1) is 0 Å². The van der Waals surface area contributed by atoms with E-state index in [-0.39, 0.29) is 11.2 Å². The van der Waals surface area contributed by atoms with Crippen molar-refractivity contribution in [3.8, 4) is 0 Å². The Bertz CT molecular complexity index is 342. The van der Waals surface area contributed by atoms with Gasteiger partial charge in [0, 0.05) is 36.5 Å². The molecule has 0 aromatic carbocycles. The summed E-state index contributed by atoms with van der Waals surface area (Å²) in [5.74, 6) is 0.278. The molecule has 0 bridgehead atoms. The average molecular weight is 239 g/mol. The summed E-state index contributed by atoms with van der Waals surface area (Å²) in [7, 11) is 0. The summed E-state index contributed by atoms with van der Waals surface area (Å²) in [5.41, 5.74) is 5.46. The Morgan fingerprint density at radius 2 is 2.25 bits per heavy atom. The number of ether oxygens (including phenoxy) is 1. The van der Waals surface area contributed by atoms with Gasteiger partial charge in [-0.05, 0) is 24.3 Å². The standard InChI is InChI=1S/C12H17NO2S/c13-9-12(3-5-15-6-4-12)11(14)8-10-2-1-7-16-10/h1-2,7H,3-6,8-9,13H2. The summed E-state index contributed by atoms with van der Waals surface area (Å²) in [4.78, 5) is 13.4. The fraction of sp³-hybridized carbons (Fsp3) is 0.583. The first-order valence-electron chi connectivity index (χ1n) is 5.60. The van der Waals surface area contributed by atoms with Crippen molar-refractivity contribution in [1.29, 1.82) is 0 Å². The van der Waals surface area contributed by atoms with Gasteiger partial charge >= 0.3 is 0 Å². The maximum absolute atomic E-state index is 12.3. The van der Waals surface area contributed by atoms with E-state index in [2.05, 4.69) is 0 Å². The van der Waals surface area contributed by atoms with E-state index in [0.29, 0.717) is 26.2 Å². The summed E-state index contributed by atoms with van der Waals surface area (Å²) >= 11 is 1.63. The smallest absolute Gasteiger partial charge is 0.145 e. The molecule has 0 saturated carbocycles. The Kier molecular flexibility index (Phi) is 3.74. The third-order valence-electron chi connectivity index (χ3n) is 3.35. The number of hydrogen-bond acceptors (Lipinski definition) is 4. The molecule has 16 heavy (non-hydrogen) atoms. The predicted molar refractivity (Wildman–Crippen MR) is 64.6 cm³/mol. The van der Waals surface area contributed by atoms with Gasteiger partial charge in [0.1, 0.15) is 5.78 Å².